The summed E-state index contributed by atoms with van der Waals surface area (Å²) in [6, 6.07) is 1.32. The van der Waals surface area contributed by atoms with Crippen LogP contribution in [0.4, 0.5) is 8.78 Å². The standard InChI is InChI=1S/C7H8F2NP/c1-5-4-10-3-2-6(5)7(8,9)11/h2-4H,11H2,1H3. The van der Waals surface area contributed by atoms with Gasteiger partial charge in [0, 0.05) is 18.0 Å². The Kier molecular flexibility index (Phi) is 2.19. The molecular weight excluding hydrogens is 167 g/mol. The fraction of sp³-hybridized carbons (Fsp3) is 0.286. The molecule has 1 aromatic heterocycles. The molecule has 0 saturated carbocycles. The predicted octanol–water partition coefficient (Wildman–Crippen LogP) is 2.31. The largest absolute Gasteiger partial charge is 0.284 e. The molecule has 4 heteroatoms. The van der Waals surface area contributed by atoms with Crippen LogP contribution in [-0.4, -0.2) is 4.98 Å². The Morgan fingerprint density at radius 1 is 1.55 bits per heavy atom. The van der Waals surface area contributed by atoms with Crippen LogP contribution >= 0.6 is 9.24 Å². The Hall–Kier alpha value is -0.560. The summed E-state index contributed by atoms with van der Waals surface area (Å²) >= 11 is 0. The van der Waals surface area contributed by atoms with Crippen molar-refractivity contribution in [2.24, 2.45) is 0 Å². The first-order valence-corrected chi connectivity index (χ1v) is 3.67. The Morgan fingerprint density at radius 3 is 2.55 bits per heavy atom. The zero-order valence-corrected chi connectivity index (χ0v) is 7.17. The van der Waals surface area contributed by atoms with E-state index in [0.717, 1.165) is 0 Å². The lowest BCUT2D eigenvalue weighted by molar-refractivity contribution is 0.103. The Morgan fingerprint density at radius 2 is 2.18 bits per heavy atom. The van der Waals surface area contributed by atoms with Gasteiger partial charge in [-0.25, -0.2) is 0 Å². The van der Waals surface area contributed by atoms with E-state index in [1.165, 1.54) is 27.7 Å². The molecule has 0 aromatic carbocycles. The van der Waals surface area contributed by atoms with Crippen molar-refractivity contribution >= 4 is 9.24 Å². The van der Waals surface area contributed by atoms with E-state index < -0.39 is 5.66 Å². The third-order valence-corrected chi connectivity index (χ3v) is 1.69. The van der Waals surface area contributed by atoms with Gasteiger partial charge in [0.05, 0.1) is 0 Å². The van der Waals surface area contributed by atoms with Crippen LogP contribution in [0.15, 0.2) is 18.5 Å². The lowest BCUT2D eigenvalue weighted by atomic mass is 10.2. The summed E-state index contributed by atoms with van der Waals surface area (Å²) in [5, 5.41) is 0. The molecule has 0 saturated heterocycles. The molecule has 1 heterocycles. The second kappa shape index (κ2) is 2.82. The lowest BCUT2D eigenvalue weighted by Gasteiger charge is -2.11. The number of nitrogens with zero attached hydrogens (tertiary/aromatic N) is 1. The van der Waals surface area contributed by atoms with Gasteiger partial charge in [0.15, 0.2) is 0 Å². The summed E-state index contributed by atoms with van der Waals surface area (Å²) in [6.45, 7) is 1.61. The highest BCUT2D eigenvalue weighted by molar-refractivity contribution is 7.17. The summed E-state index contributed by atoms with van der Waals surface area (Å²) in [5.41, 5.74) is -2.32. The van der Waals surface area contributed by atoms with Crippen LogP contribution < -0.4 is 0 Å². The van der Waals surface area contributed by atoms with Gasteiger partial charge in [-0.2, -0.15) is 8.78 Å². The fourth-order valence-electron chi connectivity index (χ4n) is 0.847. The van der Waals surface area contributed by atoms with E-state index in [9.17, 15) is 8.78 Å². The average molecular weight is 175 g/mol. The first-order chi connectivity index (χ1) is 5.02. The molecule has 1 rings (SSSR count). The van der Waals surface area contributed by atoms with E-state index in [2.05, 4.69) is 4.98 Å². The summed E-state index contributed by atoms with van der Waals surface area (Å²) in [5.74, 6) is 0. The Balaban J connectivity index is 3.14. The van der Waals surface area contributed by atoms with Gasteiger partial charge in [-0.3, -0.25) is 4.98 Å². The number of aryl methyl sites for hydroxylation is 1. The topological polar surface area (TPSA) is 12.9 Å². The van der Waals surface area contributed by atoms with Gasteiger partial charge < -0.3 is 0 Å². The summed E-state index contributed by atoms with van der Waals surface area (Å²) < 4.78 is 25.3. The van der Waals surface area contributed by atoms with E-state index in [1.54, 1.807) is 6.92 Å². The number of aromatic nitrogens is 1. The van der Waals surface area contributed by atoms with Crippen LogP contribution in [0.1, 0.15) is 11.1 Å². The molecule has 0 N–H and O–H groups in total. The van der Waals surface area contributed by atoms with Crippen LogP contribution in [0.5, 0.6) is 0 Å². The number of hydrogen-bond donors (Lipinski definition) is 0. The number of hydrogen-bond acceptors (Lipinski definition) is 1. The zero-order chi connectivity index (χ0) is 8.48. The molecule has 0 aliphatic carbocycles. The molecule has 0 bridgehead atoms. The van der Waals surface area contributed by atoms with Crippen LogP contribution in [0.25, 0.3) is 0 Å². The van der Waals surface area contributed by atoms with Crippen molar-refractivity contribution in [3.8, 4) is 0 Å². The Bertz CT molecular complexity index is 257. The smallest absolute Gasteiger partial charge is 0.264 e. The normalized spacial score (nSPS) is 11.6. The maximum atomic E-state index is 12.7. The molecule has 1 aromatic rings. The van der Waals surface area contributed by atoms with Gasteiger partial charge in [0.25, 0.3) is 5.66 Å². The van der Waals surface area contributed by atoms with Crippen molar-refractivity contribution < 1.29 is 8.78 Å². The maximum absolute atomic E-state index is 12.7. The van der Waals surface area contributed by atoms with Crippen molar-refractivity contribution in [2.45, 2.75) is 12.6 Å². The molecule has 0 aliphatic heterocycles. The van der Waals surface area contributed by atoms with Crippen molar-refractivity contribution in [2.75, 3.05) is 0 Å². The molecule has 60 valence electrons. The number of halogens is 2. The minimum Gasteiger partial charge on any atom is -0.264 e. The van der Waals surface area contributed by atoms with Crippen LogP contribution in [0.2, 0.25) is 0 Å². The molecule has 1 unspecified atom stereocenters. The summed E-state index contributed by atoms with van der Waals surface area (Å²) in [7, 11) is 1.50. The highest BCUT2D eigenvalue weighted by Crippen LogP contribution is 2.35. The van der Waals surface area contributed by atoms with Gasteiger partial charge in [0.2, 0.25) is 0 Å². The number of rotatable bonds is 1. The van der Waals surface area contributed by atoms with Crippen LogP contribution in [0, 0.1) is 6.92 Å². The minimum atomic E-state index is -2.84. The first-order valence-electron chi connectivity index (χ1n) is 3.09. The molecule has 0 spiro atoms. The molecular formula is C7H8F2NP. The summed E-state index contributed by atoms with van der Waals surface area (Å²) in [6.07, 6.45) is 2.79. The summed E-state index contributed by atoms with van der Waals surface area (Å²) in [4.78, 5) is 3.72. The average Bonchev–Trinajstić information content (AvgIpc) is 1.86. The van der Waals surface area contributed by atoms with E-state index in [4.69, 9.17) is 0 Å². The predicted molar refractivity (Wildman–Crippen MR) is 42.6 cm³/mol. The highest BCUT2D eigenvalue weighted by Gasteiger charge is 2.25. The molecule has 11 heavy (non-hydrogen) atoms. The third kappa shape index (κ3) is 1.93. The maximum Gasteiger partial charge on any atom is 0.284 e. The molecule has 0 radical (unpaired) electrons. The molecule has 1 atom stereocenters. The van der Waals surface area contributed by atoms with Crippen molar-refractivity contribution in [1.82, 2.24) is 4.98 Å². The third-order valence-electron chi connectivity index (χ3n) is 1.38. The zero-order valence-electron chi connectivity index (χ0n) is 6.01. The Labute approximate surface area is 66.0 Å². The second-order valence-electron chi connectivity index (χ2n) is 2.31. The first kappa shape index (κ1) is 8.54. The monoisotopic (exact) mass is 175 g/mol. The van der Waals surface area contributed by atoms with Gasteiger partial charge in [-0.05, 0) is 18.6 Å². The van der Waals surface area contributed by atoms with Crippen LogP contribution in [-0.2, 0) is 5.66 Å². The molecule has 0 aliphatic rings. The van der Waals surface area contributed by atoms with E-state index in [1.807, 2.05) is 0 Å². The highest BCUT2D eigenvalue weighted by atomic mass is 31.0. The van der Waals surface area contributed by atoms with Crippen LogP contribution in [0.3, 0.4) is 0 Å². The van der Waals surface area contributed by atoms with Gasteiger partial charge in [-0.1, -0.05) is 9.24 Å². The van der Waals surface area contributed by atoms with Crippen molar-refractivity contribution in [1.29, 1.82) is 0 Å². The minimum absolute atomic E-state index is 0.0116. The van der Waals surface area contributed by atoms with Crippen molar-refractivity contribution in [3.05, 3.63) is 29.6 Å². The lowest BCUT2D eigenvalue weighted by Crippen LogP contribution is -2.04. The number of alkyl halides is 2. The van der Waals surface area contributed by atoms with E-state index in [-0.39, 0.29) is 5.56 Å². The molecule has 0 fully saturated rings. The van der Waals surface area contributed by atoms with Crippen molar-refractivity contribution in [3.63, 3.8) is 0 Å². The second-order valence-corrected chi connectivity index (χ2v) is 3.04. The van der Waals surface area contributed by atoms with Gasteiger partial charge >= 0.3 is 0 Å². The van der Waals surface area contributed by atoms with Gasteiger partial charge in [0.1, 0.15) is 0 Å². The SMILES string of the molecule is Cc1cnccc1C(F)(F)P. The fourth-order valence-corrected chi connectivity index (χ4v) is 1.17. The van der Waals surface area contributed by atoms with E-state index in [0.29, 0.717) is 5.56 Å². The molecule has 0 amide bonds. The number of pyridine rings is 1. The quantitative estimate of drug-likeness (QED) is 0.597. The van der Waals surface area contributed by atoms with Gasteiger partial charge in [-0.15, -0.1) is 0 Å². The molecule has 1 nitrogen and oxygen atoms in total. The van der Waals surface area contributed by atoms with E-state index >= 15 is 0 Å².